The number of nitrogens with two attached hydrogens (primary N) is 1. The quantitative estimate of drug-likeness (QED) is 0.600. The molecule has 3 amide bonds. The maximum atomic E-state index is 12.9. The molecule has 8 nitrogen and oxygen atoms in total. The second-order valence-electron chi connectivity index (χ2n) is 7.39. The van der Waals surface area contributed by atoms with E-state index in [9.17, 15) is 14.4 Å². The van der Waals surface area contributed by atoms with Gasteiger partial charge in [-0.3, -0.25) is 14.4 Å². The summed E-state index contributed by atoms with van der Waals surface area (Å²) in [6.45, 7) is 0.391. The summed E-state index contributed by atoms with van der Waals surface area (Å²) in [4.78, 5) is 36.6. The summed E-state index contributed by atoms with van der Waals surface area (Å²) in [5, 5.41) is 8.95. The first-order valence-corrected chi connectivity index (χ1v) is 9.33. The van der Waals surface area contributed by atoms with Gasteiger partial charge in [-0.15, -0.1) is 0 Å². The number of rotatable bonds is 5. The van der Waals surface area contributed by atoms with Crippen molar-refractivity contribution in [1.29, 1.82) is 0 Å². The Balaban J connectivity index is 1.51. The van der Waals surface area contributed by atoms with Gasteiger partial charge in [0.1, 0.15) is 5.75 Å². The third kappa shape index (κ3) is 3.31. The molecule has 4 rings (SSSR count). The molecule has 2 aromatic rings. The number of carbonyl (C=O) groups is 3. The maximum Gasteiger partial charge on any atom is 0.241 e. The molecule has 29 heavy (non-hydrogen) atoms. The van der Waals surface area contributed by atoms with E-state index in [0.717, 1.165) is 11.3 Å². The van der Waals surface area contributed by atoms with E-state index in [0.29, 0.717) is 30.0 Å². The molecule has 150 valence electrons. The minimum atomic E-state index is -0.742. The summed E-state index contributed by atoms with van der Waals surface area (Å²) >= 11 is 0. The van der Waals surface area contributed by atoms with E-state index in [4.69, 9.17) is 10.5 Å². The molecule has 2 atom stereocenters. The van der Waals surface area contributed by atoms with Gasteiger partial charge in [0.15, 0.2) is 0 Å². The lowest BCUT2D eigenvalue weighted by Gasteiger charge is -2.20. The minimum absolute atomic E-state index is 0.0881. The van der Waals surface area contributed by atoms with Crippen molar-refractivity contribution >= 4 is 29.1 Å². The van der Waals surface area contributed by atoms with E-state index in [2.05, 4.69) is 16.0 Å². The number of methoxy groups -OCH3 is 1. The molecule has 0 saturated carbocycles. The molecule has 2 aliphatic rings. The SMILES string of the molecule is COc1cc(CC(N)=O)ccc1NC(=O)C1CC2(CN1)C(=O)Nc1ccccc12. The zero-order valence-electron chi connectivity index (χ0n) is 16.0. The number of nitrogens with one attached hydrogen (secondary N) is 3. The Kier molecular flexibility index (Phi) is 4.71. The topological polar surface area (TPSA) is 123 Å². The first kappa shape index (κ1) is 18.9. The number of amides is 3. The number of carbonyl (C=O) groups excluding carboxylic acids is 3. The number of anilines is 2. The third-order valence-electron chi connectivity index (χ3n) is 5.55. The second-order valence-corrected chi connectivity index (χ2v) is 7.39. The highest BCUT2D eigenvalue weighted by Crippen LogP contribution is 2.43. The van der Waals surface area contributed by atoms with Gasteiger partial charge in [-0.1, -0.05) is 24.3 Å². The number of primary amides is 1. The highest BCUT2D eigenvalue weighted by molar-refractivity contribution is 6.08. The van der Waals surface area contributed by atoms with Crippen LogP contribution in [-0.4, -0.2) is 37.4 Å². The first-order valence-electron chi connectivity index (χ1n) is 9.33. The van der Waals surface area contributed by atoms with Crippen LogP contribution in [0.5, 0.6) is 5.75 Å². The predicted molar refractivity (Wildman–Crippen MR) is 108 cm³/mol. The van der Waals surface area contributed by atoms with Crippen LogP contribution in [0, 0.1) is 0 Å². The average molecular weight is 394 g/mol. The maximum absolute atomic E-state index is 12.9. The smallest absolute Gasteiger partial charge is 0.241 e. The standard InChI is InChI=1S/C21H22N4O4/c1-29-17-8-12(9-18(22)26)6-7-15(17)24-19(27)16-10-21(11-23-16)13-4-2-3-5-14(13)25-20(21)28/h2-8,16,23H,9-11H2,1H3,(H2,22,26)(H,24,27)(H,25,28). The Bertz CT molecular complexity index is 1010. The number of fused-ring (bicyclic) bond motifs is 2. The van der Waals surface area contributed by atoms with Gasteiger partial charge in [0.2, 0.25) is 17.7 Å². The van der Waals surface area contributed by atoms with Crippen molar-refractivity contribution in [3.8, 4) is 5.75 Å². The molecule has 2 unspecified atom stereocenters. The minimum Gasteiger partial charge on any atom is -0.495 e. The Hall–Kier alpha value is -3.39. The van der Waals surface area contributed by atoms with Gasteiger partial charge in [0.25, 0.3) is 0 Å². The van der Waals surface area contributed by atoms with E-state index in [-0.39, 0.29) is 18.2 Å². The fraction of sp³-hybridized carbons (Fsp3) is 0.286. The van der Waals surface area contributed by atoms with E-state index < -0.39 is 17.4 Å². The molecule has 2 aliphatic heterocycles. The summed E-state index contributed by atoms with van der Waals surface area (Å²) in [5.74, 6) is -0.344. The predicted octanol–water partition coefficient (Wildman–Crippen LogP) is 0.914. The van der Waals surface area contributed by atoms with Gasteiger partial charge in [0, 0.05) is 12.2 Å². The molecule has 0 radical (unpaired) electrons. The molecule has 2 aromatic carbocycles. The summed E-state index contributed by atoms with van der Waals surface area (Å²) in [6, 6.07) is 12.1. The van der Waals surface area contributed by atoms with Crippen molar-refractivity contribution in [3.63, 3.8) is 0 Å². The van der Waals surface area contributed by atoms with Crippen LogP contribution in [0.3, 0.4) is 0 Å². The highest BCUT2D eigenvalue weighted by Gasteiger charge is 2.52. The molecular weight excluding hydrogens is 372 g/mol. The van der Waals surface area contributed by atoms with Crippen LogP contribution in [0.25, 0.3) is 0 Å². The number of ether oxygens (including phenoxy) is 1. The van der Waals surface area contributed by atoms with Gasteiger partial charge < -0.3 is 26.4 Å². The van der Waals surface area contributed by atoms with Crippen LogP contribution >= 0.6 is 0 Å². The molecule has 1 saturated heterocycles. The van der Waals surface area contributed by atoms with Crippen LogP contribution in [-0.2, 0) is 26.2 Å². The number of hydrogen-bond acceptors (Lipinski definition) is 5. The first-order chi connectivity index (χ1) is 13.9. The number of benzene rings is 2. The number of para-hydroxylation sites is 1. The van der Waals surface area contributed by atoms with Crippen molar-refractivity contribution in [1.82, 2.24) is 5.32 Å². The Labute approximate surface area is 167 Å². The van der Waals surface area contributed by atoms with Crippen LogP contribution in [0.1, 0.15) is 17.5 Å². The fourth-order valence-electron chi connectivity index (χ4n) is 4.10. The normalized spacial score (nSPS) is 22.2. The molecule has 5 N–H and O–H groups in total. The van der Waals surface area contributed by atoms with Crippen molar-refractivity contribution in [2.75, 3.05) is 24.3 Å². The van der Waals surface area contributed by atoms with Gasteiger partial charge in [-0.2, -0.15) is 0 Å². The van der Waals surface area contributed by atoms with Crippen molar-refractivity contribution in [3.05, 3.63) is 53.6 Å². The van der Waals surface area contributed by atoms with E-state index in [1.807, 2.05) is 24.3 Å². The third-order valence-corrected chi connectivity index (χ3v) is 5.55. The second kappa shape index (κ2) is 7.21. The molecule has 0 bridgehead atoms. The summed E-state index contributed by atoms with van der Waals surface area (Å²) in [5.41, 5.74) is 7.39. The Morgan fingerprint density at radius 1 is 1.28 bits per heavy atom. The molecule has 0 aliphatic carbocycles. The average Bonchev–Trinajstić information content (AvgIpc) is 3.26. The molecule has 1 spiro atoms. The van der Waals surface area contributed by atoms with Crippen LogP contribution in [0.4, 0.5) is 11.4 Å². The summed E-state index contributed by atoms with van der Waals surface area (Å²) < 4.78 is 5.34. The largest absolute Gasteiger partial charge is 0.495 e. The molecular formula is C21H22N4O4. The van der Waals surface area contributed by atoms with Gasteiger partial charge in [-0.05, 0) is 35.7 Å². The zero-order chi connectivity index (χ0) is 20.6. The highest BCUT2D eigenvalue weighted by atomic mass is 16.5. The van der Waals surface area contributed by atoms with E-state index >= 15 is 0 Å². The number of hydrogen-bond donors (Lipinski definition) is 4. The summed E-state index contributed by atoms with van der Waals surface area (Å²) in [7, 11) is 1.49. The van der Waals surface area contributed by atoms with Crippen molar-refractivity contribution in [2.24, 2.45) is 5.73 Å². The fourth-order valence-corrected chi connectivity index (χ4v) is 4.10. The van der Waals surface area contributed by atoms with Gasteiger partial charge in [-0.25, -0.2) is 0 Å². The van der Waals surface area contributed by atoms with Crippen LogP contribution < -0.4 is 26.4 Å². The molecule has 0 aromatic heterocycles. The van der Waals surface area contributed by atoms with Crippen molar-refractivity contribution < 1.29 is 19.1 Å². The van der Waals surface area contributed by atoms with Gasteiger partial charge in [0.05, 0.1) is 30.7 Å². The van der Waals surface area contributed by atoms with Crippen LogP contribution in [0.15, 0.2) is 42.5 Å². The van der Waals surface area contributed by atoms with Gasteiger partial charge >= 0.3 is 0 Å². The Morgan fingerprint density at radius 2 is 2.07 bits per heavy atom. The van der Waals surface area contributed by atoms with Crippen LogP contribution in [0.2, 0.25) is 0 Å². The lowest BCUT2D eigenvalue weighted by Crippen LogP contribution is -2.36. The van der Waals surface area contributed by atoms with Crippen molar-refractivity contribution in [2.45, 2.75) is 24.3 Å². The Morgan fingerprint density at radius 3 is 2.83 bits per heavy atom. The van der Waals surface area contributed by atoms with E-state index in [1.165, 1.54) is 7.11 Å². The molecule has 8 heteroatoms. The molecule has 1 fully saturated rings. The lowest BCUT2D eigenvalue weighted by atomic mass is 9.79. The molecule has 2 heterocycles. The zero-order valence-corrected chi connectivity index (χ0v) is 16.0. The monoisotopic (exact) mass is 394 g/mol. The van der Waals surface area contributed by atoms with E-state index in [1.54, 1.807) is 18.2 Å². The lowest BCUT2D eigenvalue weighted by molar-refractivity contribution is -0.120. The summed E-state index contributed by atoms with van der Waals surface area (Å²) in [6.07, 6.45) is 0.454.